The SMILES string of the molecule is Cc1nc2nc(-c3cccc(-c4cnn(C)c4)c3)nc(-c3ccc(C#N)cc3F)c2nc1C. The van der Waals surface area contributed by atoms with Gasteiger partial charge in [0.05, 0.1) is 29.2 Å². The van der Waals surface area contributed by atoms with E-state index in [4.69, 9.17) is 10.2 Å². The van der Waals surface area contributed by atoms with Crippen molar-refractivity contribution < 1.29 is 4.39 Å². The van der Waals surface area contributed by atoms with Crippen molar-refractivity contribution in [1.82, 2.24) is 29.7 Å². The minimum absolute atomic E-state index is 0.233. The van der Waals surface area contributed by atoms with Gasteiger partial charge in [-0.05, 0) is 43.7 Å². The van der Waals surface area contributed by atoms with Crippen LogP contribution in [0.15, 0.2) is 54.9 Å². The van der Waals surface area contributed by atoms with Crippen LogP contribution in [0.5, 0.6) is 0 Å². The van der Waals surface area contributed by atoms with Gasteiger partial charge in [-0.2, -0.15) is 10.4 Å². The molecule has 0 N–H and O–H groups in total. The molecule has 0 bridgehead atoms. The topological polar surface area (TPSA) is 93.2 Å². The molecule has 3 heterocycles. The van der Waals surface area contributed by atoms with Crippen molar-refractivity contribution in [3.8, 4) is 39.8 Å². The van der Waals surface area contributed by atoms with Crippen LogP contribution in [0.2, 0.25) is 0 Å². The van der Waals surface area contributed by atoms with Crippen LogP contribution in [-0.4, -0.2) is 29.7 Å². The highest BCUT2D eigenvalue weighted by Crippen LogP contribution is 2.31. The third-order valence-electron chi connectivity index (χ3n) is 5.45. The number of hydrogen-bond donors (Lipinski definition) is 0. The smallest absolute Gasteiger partial charge is 0.182 e. The highest BCUT2D eigenvalue weighted by molar-refractivity contribution is 5.89. The molecule has 160 valence electrons. The molecular formula is C25H18FN7. The number of halogens is 1. The van der Waals surface area contributed by atoms with Gasteiger partial charge in [0.15, 0.2) is 11.5 Å². The lowest BCUT2D eigenvalue weighted by molar-refractivity contribution is 0.630. The molecule has 33 heavy (non-hydrogen) atoms. The standard InChI is InChI=1S/C25H18FN7/c1-14-15(2)30-25-23(29-14)22(20-8-7-16(11-27)9-21(20)26)31-24(32-25)18-6-4-5-17(10-18)19-12-28-33(3)13-19/h4-10,12-13H,1-3H3. The number of benzene rings is 2. The number of nitrogens with zero attached hydrogens (tertiary/aromatic N) is 7. The van der Waals surface area contributed by atoms with Gasteiger partial charge in [-0.15, -0.1) is 0 Å². The largest absolute Gasteiger partial charge is 0.275 e. The summed E-state index contributed by atoms with van der Waals surface area (Å²) in [4.78, 5) is 18.6. The molecule has 8 heteroatoms. The summed E-state index contributed by atoms with van der Waals surface area (Å²) < 4.78 is 16.7. The van der Waals surface area contributed by atoms with Crippen LogP contribution in [0, 0.1) is 31.0 Å². The number of aryl methyl sites for hydroxylation is 3. The van der Waals surface area contributed by atoms with Crippen LogP contribution in [0.25, 0.3) is 44.9 Å². The van der Waals surface area contributed by atoms with Crippen LogP contribution in [0.3, 0.4) is 0 Å². The summed E-state index contributed by atoms with van der Waals surface area (Å²) in [6, 6.07) is 14.0. The maximum absolute atomic E-state index is 15.0. The molecule has 3 aromatic heterocycles. The van der Waals surface area contributed by atoms with Crippen molar-refractivity contribution in [1.29, 1.82) is 5.26 Å². The van der Waals surface area contributed by atoms with E-state index in [0.29, 0.717) is 28.4 Å². The second-order valence-electron chi connectivity index (χ2n) is 7.75. The summed E-state index contributed by atoms with van der Waals surface area (Å²) in [6.45, 7) is 3.69. The highest BCUT2D eigenvalue weighted by atomic mass is 19.1. The van der Waals surface area contributed by atoms with Gasteiger partial charge in [0, 0.05) is 29.9 Å². The molecular weight excluding hydrogens is 417 g/mol. The maximum atomic E-state index is 15.0. The molecule has 0 spiro atoms. The lowest BCUT2D eigenvalue weighted by Gasteiger charge is -2.11. The molecule has 0 amide bonds. The maximum Gasteiger partial charge on any atom is 0.182 e. The van der Waals surface area contributed by atoms with E-state index in [2.05, 4.69) is 20.1 Å². The van der Waals surface area contributed by atoms with Crippen molar-refractivity contribution in [2.75, 3.05) is 0 Å². The lowest BCUT2D eigenvalue weighted by Crippen LogP contribution is -2.03. The van der Waals surface area contributed by atoms with E-state index in [1.165, 1.54) is 6.07 Å². The van der Waals surface area contributed by atoms with E-state index in [9.17, 15) is 4.39 Å². The lowest BCUT2D eigenvalue weighted by atomic mass is 10.0. The Balaban J connectivity index is 1.75. The Bertz CT molecular complexity index is 1580. The number of fused-ring (bicyclic) bond motifs is 1. The van der Waals surface area contributed by atoms with Gasteiger partial charge in [-0.1, -0.05) is 18.2 Å². The van der Waals surface area contributed by atoms with Gasteiger partial charge < -0.3 is 0 Å². The molecule has 0 aliphatic rings. The summed E-state index contributed by atoms with van der Waals surface area (Å²) >= 11 is 0. The van der Waals surface area contributed by atoms with E-state index in [0.717, 1.165) is 22.4 Å². The second-order valence-corrected chi connectivity index (χ2v) is 7.75. The molecule has 0 atom stereocenters. The monoisotopic (exact) mass is 435 g/mol. The number of rotatable bonds is 3. The molecule has 0 saturated carbocycles. The van der Waals surface area contributed by atoms with E-state index >= 15 is 0 Å². The van der Waals surface area contributed by atoms with Crippen LogP contribution in [0.1, 0.15) is 17.0 Å². The minimum Gasteiger partial charge on any atom is -0.275 e. The molecule has 0 aliphatic heterocycles. The van der Waals surface area contributed by atoms with Crippen molar-refractivity contribution >= 4 is 11.2 Å². The first-order valence-corrected chi connectivity index (χ1v) is 10.3. The summed E-state index contributed by atoms with van der Waals surface area (Å²) in [5.41, 5.74) is 5.73. The summed E-state index contributed by atoms with van der Waals surface area (Å²) in [6.07, 6.45) is 3.71. The fourth-order valence-corrected chi connectivity index (χ4v) is 3.61. The number of hydrogen-bond acceptors (Lipinski definition) is 6. The predicted molar refractivity (Wildman–Crippen MR) is 122 cm³/mol. The van der Waals surface area contributed by atoms with Gasteiger partial charge in [0.2, 0.25) is 0 Å². The predicted octanol–water partition coefficient (Wildman–Crippen LogP) is 4.78. The molecule has 0 radical (unpaired) electrons. The first kappa shape index (κ1) is 20.4. The Morgan fingerprint density at radius 3 is 2.42 bits per heavy atom. The van der Waals surface area contributed by atoms with Gasteiger partial charge in [-0.25, -0.2) is 24.3 Å². The zero-order chi connectivity index (χ0) is 23.1. The van der Waals surface area contributed by atoms with Gasteiger partial charge in [0.1, 0.15) is 17.0 Å². The van der Waals surface area contributed by atoms with Crippen LogP contribution >= 0.6 is 0 Å². The Kier molecular flexibility index (Phi) is 4.87. The van der Waals surface area contributed by atoms with Gasteiger partial charge >= 0.3 is 0 Å². The summed E-state index contributed by atoms with van der Waals surface area (Å²) in [5, 5.41) is 13.3. The third-order valence-corrected chi connectivity index (χ3v) is 5.45. The van der Waals surface area contributed by atoms with Crippen LogP contribution < -0.4 is 0 Å². The Hall–Kier alpha value is -4.51. The molecule has 0 fully saturated rings. The van der Waals surface area contributed by atoms with Crippen LogP contribution in [-0.2, 0) is 7.05 Å². The third kappa shape index (κ3) is 3.70. The van der Waals surface area contributed by atoms with Crippen molar-refractivity contribution in [3.05, 3.63) is 77.6 Å². The average Bonchev–Trinajstić information content (AvgIpc) is 3.26. The molecule has 0 unspecified atom stereocenters. The van der Waals surface area contributed by atoms with Crippen molar-refractivity contribution in [2.45, 2.75) is 13.8 Å². The molecule has 7 nitrogen and oxygen atoms in total. The number of aromatic nitrogens is 6. The normalized spacial score (nSPS) is 11.0. The molecule has 0 aliphatic carbocycles. The minimum atomic E-state index is -0.552. The van der Waals surface area contributed by atoms with E-state index in [1.807, 2.05) is 57.4 Å². The van der Waals surface area contributed by atoms with Crippen molar-refractivity contribution in [3.63, 3.8) is 0 Å². The summed E-state index contributed by atoms with van der Waals surface area (Å²) in [7, 11) is 1.86. The van der Waals surface area contributed by atoms with Crippen LogP contribution in [0.4, 0.5) is 4.39 Å². The zero-order valence-corrected chi connectivity index (χ0v) is 18.2. The highest BCUT2D eigenvalue weighted by Gasteiger charge is 2.18. The molecule has 0 saturated heterocycles. The van der Waals surface area contributed by atoms with E-state index < -0.39 is 5.82 Å². The molecule has 2 aromatic carbocycles. The number of nitriles is 1. The van der Waals surface area contributed by atoms with E-state index in [1.54, 1.807) is 23.0 Å². The Morgan fingerprint density at radius 1 is 0.909 bits per heavy atom. The second kappa shape index (κ2) is 7.88. The zero-order valence-electron chi connectivity index (χ0n) is 18.2. The first-order chi connectivity index (χ1) is 15.9. The Morgan fingerprint density at radius 2 is 1.70 bits per heavy atom. The molecule has 5 rings (SSSR count). The summed E-state index contributed by atoms with van der Waals surface area (Å²) in [5.74, 6) is -0.145. The average molecular weight is 435 g/mol. The first-order valence-electron chi connectivity index (χ1n) is 10.3. The van der Waals surface area contributed by atoms with Crippen molar-refractivity contribution in [2.24, 2.45) is 7.05 Å². The van der Waals surface area contributed by atoms with E-state index in [-0.39, 0.29) is 11.1 Å². The van der Waals surface area contributed by atoms with Gasteiger partial charge in [0.25, 0.3) is 0 Å². The quantitative estimate of drug-likeness (QED) is 0.405. The van der Waals surface area contributed by atoms with Gasteiger partial charge in [-0.3, -0.25) is 4.68 Å². The molecule has 5 aromatic rings. The fraction of sp³-hybridized carbons (Fsp3) is 0.120. The Labute approximate surface area is 189 Å². The fourth-order valence-electron chi connectivity index (χ4n) is 3.61.